The minimum atomic E-state index is -1.40. The number of nitrogens with one attached hydrogen (secondary N) is 1. The first kappa shape index (κ1) is 23.8. The summed E-state index contributed by atoms with van der Waals surface area (Å²) in [6.07, 6.45) is 3.75. The molecule has 0 unspecified atom stereocenters. The van der Waals surface area contributed by atoms with Crippen LogP contribution in [-0.2, 0) is 33.7 Å². The summed E-state index contributed by atoms with van der Waals surface area (Å²) in [6.45, 7) is 2.04. The van der Waals surface area contributed by atoms with Crippen LogP contribution in [0.15, 0.2) is 103 Å². The Kier molecular flexibility index (Phi) is 8.83. The molecule has 1 N–H and O–H groups in total. The third-order valence-electron chi connectivity index (χ3n) is 5.10. The molecule has 5 heteroatoms. The number of ether oxygens (including phenoxy) is 2. The summed E-state index contributed by atoms with van der Waals surface area (Å²) >= 11 is 0. The summed E-state index contributed by atoms with van der Waals surface area (Å²) in [6, 6.07) is 28.8. The lowest BCUT2D eigenvalue weighted by Gasteiger charge is -2.29. The van der Waals surface area contributed by atoms with Crippen molar-refractivity contribution in [3.8, 4) is 0 Å². The standard InChI is InChI=1S/C28H29NO4/c1-2-32-26(30)28(21-24-15-8-4-9-16-24,20-12-19-23-13-6-3-7-14-23)29-27(31)33-22-25-17-10-5-11-18-25/h3-18,20H,2,19,21-22H2,1H3,(H,29,31)/b20-12+/t28-/m0/s1. The van der Waals surface area contributed by atoms with Crippen LogP contribution in [0.2, 0.25) is 0 Å². The number of hydrogen-bond acceptors (Lipinski definition) is 4. The van der Waals surface area contributed by atoms with Crippen LogP contribution >= 0.6 is 0 Å². The van der Waals surface area contributed by atoms with Crippen LogP contribution in [0.3, 0.4) is 0 Å². The second kappa shape index (κ2) is 12.2. The molecule has 0 aliphatic carbocycles. The van der Waals surface area contributed by atoms with Crippen molar-refractivity contribution in [2.24, 2.45) is 0 Å². The largest absolute Gasteiger partial charge is 0.464 e. The Balaban J connectivity index is 1.85. The number of amides is 1. The van der Waals surface area contributed by atoms with Gasteiger partial charge in [-0.15, -0.1) is 0 Å². The fourth-order valence-corrected chi connectivity index (χ4v) is 3.47. The molecule has 0 aliphatic heterocycles. The second-order valence-corrected chi connectivity index (χ2v) is 7.63. The molecule has 3 aromatic carbocycles. The maximum absolute atomic E-state index is 13.2. The highest BCUT2D eigenvalue weighted by Gasteiger charge is 2.40. The van der Waals surface area contributed by atoms with Crippen molar-refractivity contribution in [2.45, 2.75) is 31.9 Å². The number of carbonyl (C=O) groups is 2. The van der Waals surface area contributed by atoms with E-state index in [0.717, 1.165) is 16.7 Å². The van der Waals surface area contributed by atoms with E-state index in [9.17, 15) is 9.59 Å². The SMILES string of the molecule is CCOC(=O)[C@](/C=C/Cc1ccccc1)(Cc1ccccc1)NC(=O)OCc1ccccc1. The number of esters is 1. The molecule has 0 fully saturated rings. The number of alkyl carbamates (subject to hydrolysis) is 1. The molecule has 1 atom stereocenters. The molecule has 0 radical (unpaired) electrons. The highest BCUT2D eigenvalue weighted by Crippen LogP contribution is 2.20. The van der Waals surface area contributed by atoms with Crippen LogP contribution in [-0.4, -0.2) is 24.2 Å². The van der Waals surface area contributed by atoms with Gasteiger partial charge in [-0.2, -0.15) is 0 Å². The molecule has 33 heavy (non-hydrogen) atoms. The molecule has 170 valence electrons. The lowest BCUT2D eigenvalue weighted by atomic mass is 9.89. The normalized spacial score (nSPS) is 12.6. The maximum Gasteiger partial charge on any atom is 0.408 e. The van der Waals surface area contributed by atoms with E-state index in [0.29, 0.717) is 6.42 Å². The van der Waals surface area contributed by atoms with Gasteiger partial charge in [-0.3, -0.25) is 0 Å². The summed E-state index contributed by atoms with van der Waals surface area (Å²) in [4.78, 5) is 26.0. The van der Waals surface area contributed by atoms with Crippen molar-refractivity contribution >= 4 is 12.1 Å². The molecule has 3 rings (SSSR count). The van der Waals surface area contributed by atoms with Gasteiger partial charge in [0.25, 0.3) is 0 Å². The topological polar surface area (TPSA) is 64.6 Å². The van der Waals surface area contributed by atoms with Crippen LogP contribution in [0.25, 0.3) is 0 Å². The summed E-state index contributed by atoms with van der Waals surface area (Å²) in [5.74, 6) is -0.533. The van der Waals surface area contributed by atoms with Gasteiger partial charge in [0.2, 0.25) is 0 Å². The molecule has 0 saturated heterocycles. The van der Waals surface area contributed by atoms with Crippen LogP contribution in [0, 0.1) is 0 Å². The molecular formula is C28H29NO4. The van der Waals surface area contributed by atoms with Gasteiger partial charge >= 0.3 is 12.1 Å². The molecular weight excluding hydrogens is 414 g/mol. The molecule has 0 aliphatic rings. The van der Waals surface area contributed by atoms with E-state index in [1.165, 1.54) is 0 Å². The fourth-order valence-electron chi connectivity index (χ4n) is 3.47. The second-order valence-electron chi connectivity index (χ2n) is 7.63. The third-order valence-corrected chi connectivity index (χ3v) is 5.10. The van der Waals surface area contributed by atoms with Gasteiger partial charge in [0.05, 0.1) is 6.61 Å². The average Bonchev–Trinajstić information content (AvgIpc) is 2.85. The molecule has 1 amide bonds. The van der Waals surface area contributed by atoms with Crippen molar-refractivity contribution in [2.75, 3.05) is 6.61 Å². The van der Waals surface area contributed by atoms with Gasteiger partial charge in [-0.25, -0.2) is 9.59 Å². The van der Waals surface area contributed by atoms with Crippen molar-refractivity contribution in [1.29, 1.82) is 0 Å². The number of carbonyl (C=O) groups excluding carboxylic acids is 2. The molecule has 0 spiro atoms. The van der Waals surface area contributed by atoms with Crippen LogP contribution < -0.4 is 5.32 Å². The van der Waals surface area contributed by atoms with E-state index < -0.39 is 17.6 Å². The minimum Gasteiger partial charge on any atom is -0.464 e. The predicted molar refractivity (Wildman–Crippen MR) is 129 cm³/mol. The summed E-state index contributed by atoms with van der Waals surface area (Å²) in [5.41, 5.74) is 1.44. The maximum atomic E-state index is 13.2. The quantitative estimate of drug-likeness (QED) is 0.343. The van der Waals surface area contributed by atoms with E-state index in [1.54, 1.807) is 13.0 Å². The van der Waals surface area contributed by atoms with Gasteiger partial charge in [0.1, 0.15) is 6.61 Å². The first-order valence-electron chi connectivity index (χ1n) is 11.0. The molecule has 0 heterocycles. The lowest BCUT2D eigenvalue weighted by Crippen LogP contribution is -2.55. The Bertz CT molecular complexity index is 1040. The number of allylic oxidation sites excluding steroid dienone is 1. The molecule has 3 aromatic rings. The Morgan fingerprint density at radius 2 is 1.33 bits per heavy atom. The predicted octanol–water partition coefficient (Wildman–Crippen LogP) is 5.26. The van der Waals surface area contributed by atoms with E-state index >= 15 is 0 Å². The van der Waals surface area contributed by atoms with Gasteiger partial charge in [0.15, 0.2) is 5.54 Å². The van der Waals surface area contributed by atoms with Crippen molar-refractivity contribution < 1.29 is 19.1 Å². The lowest BCUT2D eigenvalue weighted by molar-refractivity contribution is -0.148. The van der Waals surface area contributed by atoms with Crippen LogP contribution in [0.1, 0.15) is 23.6 Å². The van der Waals surface area contributed by atoms with Gasteiger partial charge in [-0.05, 0) is 30.0 Å². The zero-order chi connectivity index (χ0) is 23.4. The average molecular weight is 444 g/mol. The van der Waals surface area contributed by atoms with E-state index in [2.05, 4.69) is 5.32 Å². The summed E-state index contributed by atoms with van der Waals surface area (Å²) < 4.78 is 10.8. The summed E-state index contributed by atoms with van der Waals surface area (Å²) in [5, 5.41) is 2.80. The molecule has 0 aromatic heterocycles. The van der Waals surface area contributed by atoms with Crippen molar-refractivity contribution in [1.82, 2.24) is 5.32 Å². The smallest absolute Gasteiger partial charge is 0.408 e. The zero-order valence-electron chi connectivity index (χ0n) is 18.8. The highest BCUT2D eigenvalue weighted by molar-refractivity contribution is 5.88. The minimum absolute atomic E-state index is 0.102. The first-order valence-corrected chi connectivity index (χ1v) is 11.0. The zero-order valence-corrected chi connectivity index (χ0v) is 18.8. The Labute approximate surface area is 195 Å². The Hall–Kier alpha value is -3.86. The van der Waals surface area contributed by atoms with E-state index in [-0.39, 0.29) is 19.6 Å². The van der Waals surface area contributed by atoms with E-state index in [4.69, 9.17) is 9.47 Å². The first-order chi connectivity index (χ1) is 16.1. The summed E-state index contributed by atoms with van der Waals surface area (Å²) in [7, 11) is 0. The van der Waals surface area contributed by atoms with Gasteiger partial charge in [-0.1, -0.05) is 103 Å². The Morgan fingerprint density at radius 1 is 0.788 bits per heavy atom. The van der Waals surface area contributed by atoms with E-state index in [1.807, 2.05) is 97.1 Å². The highest BCUT2D eigenvalue weighted by atomic mass is 16.6. The monoisotopic (exact) mass is 443 g/mol. The molecule has 5 nitrogen and oxygen atoms in total. The number of benzene rings is 3. The third kappa shape index (κ3) is 7.35. The van der Waals surface area contributed by atoms with Gasteiger partial charge in [0, 0.05) is 6.42 Å². The molecule has 0 saturated carbocycles. The van der Waals surface area contributed by atoms with Crippen LogP contribution in [0.5, 0.6) is 0 Å². The number of hydrogen-bond donors (Lipinski definition) is 1. The Morgan fingerprint density at radius 3 is 1.91 bits per heavy atom. The molecule has 0 bridgehead atoms. The van der Waals surface area contributed by atoms with Gasteiger partial charge < -0.3 is 14.8 Å². The number of rotatable bonds is 10. The fraction of sp³-hybridized carbons (Fsp3) is 0.214. The van der Waals surface area contributed by atoms with Crippen molar-refractivity contribution in [3.05, 3.63) is 120 Å². The van der Waals surface area contributed by atoms with Crippen molar-refractivity contribution in [3.63, 3.8) is 0 Å². The van der Waals surface area contributed by atoms with Crippen LogP contribution in [0.4, 0.5) is 4.79 Å².